The fourth-order valence-corrected chi connectivity index (χ4v) is 3.92. The average molecular weight is 397 g/mol. The molecule has 29 heavy (non-hydrogen) atoms. The van der Waals surface area contributed by atoms with Gasteiger partial charge in [-0.15, -0.1) is 0 Å². The molecule has 1 aliphatic rings. The zero-order valence-corrected chi connectivity index (χ0v) is 17.4. The molecule has 9 heteroatoms. The molecule has 3 aromatic rings. The lowest BCUT2D eigenvalue weighted by atomic mass is 10.2. The van der Waals surface area contributed by atoms with Crippen LogP contribution in [0.1, 0.15) is 39.3 Å². The van der Waals surface area contributed by atoms with E-state index in [1.54, 1.807) is 0 Å². The van der Waals surface area contributed by atoms with Crippen molar-refractivity contribution in [3.8, 4) is 17.3 Å². The predicted molar refractivity (Wildman–Crippen MR) is 109 cm³/mol. The summed E-state index contributed by atoms with van der Waals surface area (Å²) in [4.78, 5) is 27.5. The summed E-state index contributed by atoms with van der Waals surface area (Å²) in [5.74, 6) is 1.45. The van der Waals surface area contributed by atoms with Crippen molar-refractivity contribution in [2.75, 3.05) is 13.1 Å². The average Bonchev–Trinajstić information content (AvgIpc) is 3.44. The number of amides is 1. The number of hydrogen-bond donors (Lipinski definition) is 0. The Hall–Kier alpha value is -2.97. The fraction of sp³-hybridized carbons (Fsp3) is 0.550. The number of imidazole rings is 1. The molecular formula is C20H27N7O2. The third-order valence-electron chi connectivity index (χ3n) is 5.54. The lowest BCUT2D eigenvalue weighted by Crippen LogP contribution is -2.30. The summed E-state index contributed by atoms with van der Waals surface area (Å²) in [7, 11) is 0. The maximum absolute atomic E-state index is 11.9. The SMILES string of the molecule is CCC(=O)N1CCC(Oc2ncnc3c2nc(-c2cnn(CC)c2C)n3CC)C1. The van der Waals surface area contributed by atoms with Gasteiger partial charge in [0.15, 0.2) is 11.2 Å². The number of rotatable bonds is 6. The van der Waals surface area contributed by atoms with Crippen molar-refractivity contribution in [1.29, 1.82) is 0 Å². The largest absolute Gasteiger partial charge is 0.471 e. The van der Waals surface area contributed by atoms with E-state index in [9.17, 15) is 4.79 Å². The molecule has 0 radical (unpaired) electrons. The number of carbonyl (C=O) groups excluding carboxylic acids is 1. The second kappa shape index (κ2) is 7.81. The Balaban J connectivity index is 1.69. The van der Waals surface area contributed by atoms with Crippen LogP contribution in [-0.4, -0.2) is 59.3 Å². The topological polar surface area (TPSA) is 91.0 Å². The van der Waals surface area contributed by atoms with Crippen molar-refractivity contribution in [1.82, 2.24) is 34.2 Å². The molecule has 0 spiro atoms. The van der Waals surface area contributed by atoms with Crippen LogP contribution in [0, 0.1) is 6.92 Å². The van der Waals surface area contributed by atoms with Gasteiger partial charge < -0.3 is 14.2 Å². The Kier molecular flexibility index (Phi) is 5.21. The summed E-state index contributed by atoms with van der Waals surface area (Å²) in [6, 6.07) is 0. The van der Waals surface area contributed by atoms with Crippen molar-refractivity contribution >= 4 is 17.1 Å². The summed E-state index contributed by atoms with van der Waals surface area (Å²) in [5, 5.41) is 4.45. The Morgan fingerprint density at radius 3 is 2.76 bits per heavy atom. The summed E-state index contributed by atoms with van der Waals surface area (Å²) < 4.78 is 10.2. The fourth-order valence-electron chi connectivity index (χ4n) is 3.92. The molecule has 0 saturated carbocycles. The van der Waals surface area contributed by atoms with Crippen LogP contribution in [0.5, 0.6) is 5.88 Å². The monoisotopic (exact) mass is 397 g/mol. The van der Waals surface area contributed by atoms with Gasteiger partial charge >= 0.3 is 0 Å². The normalized spacial score (nSPS) is 16.7. The minimum atomic E-state index is -0.0802. The van der Waals surface area contributed by atoms with Crippen molar-refractivity contribution in [3.05, 3.63) is 18.2 Å². The highest BCUT2D eigenvalue weighted by Crippen LogP contribution is 2.30. The second-order valence-corrected chi connectivity index (χ2v) is 7.21. The maximum atomic E-state index is 11.9. The number of aryl methyl sites for hydroxylation is 2. The summed E-state index contributed by atoms with van der Waals surface area (Å²) in [6.45, 7) is 10.9. The Bertz CT molecular complexity index is 1040. The van der Waals surface area contributed by atoms with Gasteiger partial charge in [0.1, 0.15) is 18.3 Å². The molecule has 0 aromatic carbocycles. The van der Waals surface area contributed by atoms with Gasteiger partial charge in [0.05, 0.1) is 18.3 Å². The van der Waals surface area contributed by atoms with Gasteiger partial charge in [0.2, 0.25) is 11.8 Å². The van der Waals surface area contributed by atoms with Gasteiger partial charge in [-0.3, -0.25) is 9.48 Å². The molecule has 1 amide bonds. The van der Waals surface area contributed by atoms with Gasteiger partial charge in [0, 0.05) is 38.2 Å². The van der Waals surface area contributed by atoms with E-state index in [4.69, 9.17) is 9.72 Å². The number of carbonyl (C=O) groups is 1. The van der Waals surface area contributed by atoms with Gasteiger partial charge in [-0.1, -0.05) is 6.92 Å². The first-order chi connectivity index (χ1) is 14.1. The number of hydrogen-bond acceptors (Lipinski definition) is 6. The van der Waals surface area contributed by atoms with E-state index in [0.717, 1.165) is 48.8 Å². The number of fused-ring (bicyclic) bond motifs is 1. The Labute approximate surface area is 169 Å². The predicted octanol–water partition coefficient (Wildman–Crippen LogP) is 2.43. The summed E-state index contributed by atoms with van der Waals surface area (Å²) in [5.41, 5.74) is 3.44. The van der Waals surface area contributed by atoms with Crippen LogP contribution >= 0.6 is 0 Å². The molecular weight excluding hydrogens is 370 g/mol. The van der Waals surface area contributed by atoms with Crippen LogP contribution in [-0.2, 0) is 17.9 Å². The number of nitrogens with zero attached hydrogens (tertiary/aromatic N) is 7. The third kappa shape index (κ3) is 3.34. The highest BCUT2D eigenvalue weighted by molar-refractivity contribution is 5.81. The highest BCUT2D eigenvalue weighted by atomic mass is 16.5. The molecule has 4 rings (SSSR count). The number of aromatic nitrogens is 6. The van der Waals surface area contributed by atoms with Crippen molar-refractivity contribution < 1.29 is 9.53 Å². The van der Waals surface area contributed by atoms with E-state index in [-0.39, 0.29) is 12.0 Å². The van der Waals surface area contributed by atoms with Crippen LogP contribution in [0.4, 0.5) is 0 Å². The van der Waals surface area contributed by atoms with Crippen LogP contribution in [0.15, 0.2) is 12.5 Å². The first kappa shape index (κ1) is 19.4. The lowest BCUT2D eigenvalue weighted by Gasteiger charge is -2.16. The van der Waals surface area contributed by atoms with Crippen LogP contribution in [0.2, 0.25) is 0 Å². The van der Waals surface area contributed by atoms with Crippen molar-refractivity contribution in [3.63, 3.8) is 0 Å². The molecule has 1 fully saturated rings. The van der Waals surface area contributed by atoms with Gasteiger partial charge in [0.25, 0.3) is 0 Å². The molecule has 3 aromatic heterocycles. The van der Waals surface area contributed by atoms with E-state index < -0.39 is 0 Å². The molecule has 0 bridgehead atoms. The van der Waals surface area contributed by atoms with Crippen LogP contribution < -0.4 is 4.74 Å². The zero-order chi connectivity index (χ0) is 20.5. The Morgan fingerprint density at radius 2 is 2.07 bits per heavy atom. The second-order valence-electron chi connectivity index (χ2n) is 7.21. The standard InChI is InChI=1S/C20H27N7O2/c1-5-16(28)25-9-8-14(11-25)29-20-17-19(21-12-22-20)26(6-2)18(24-17)15-10-23-27(7-3)13(15)4/h10,12,14H,5-9,11H2,1-4H3. The third-order valence-corrected chi connectivity index (χ3v) is 5.54. The minimum Gasteiger partial charge on any atom is -0.471 e. The van der Waals surface area contributed by atoms with Crippen molar-refractivity contribution in [2.24, 2.45) is 0 Å². The molecule has 1 aliphatic heterocycles. The van der Waals surface area contributed by atoms with E-state index in [2.05, 4.69) is 33.5 Å². The Morgan fingerprint density at radius 1 is 1.24 bits per heavy atom. The van der Waals surface area contributed by atoms with Gasteiger partial charge in [-0.05, 0) is 20.8 Å². The first-order valence-corrected chi connectivity index (χ1v) is 10.3. The molecule has 9 nitrogen and oxygen atoms in total. The van der Waals surface area contributed by atoms with Gasteiger partial charge in [-0.25, -0.2) is 9.97 Å². The van der Waals surface area contributed by atoms with Gasteiger partial charge in [-0.2, -0.15) is 10.1 Å². The zero-order valence-electron chi connectivity index (χ0n) is 17.4. The minimum absolute atomic E-state index is 0.0802. The molecule has 1 unspecified atom stereocenters. The number of ether oxygens (including phenoxy) is 1. The molecule has 0 N–H and O–H groups in total. The van der Waals surface area contributed by atoms with Crippen LogP contribution in [0.3, 0.4) is 0 Å². The molecule has 1 atom stereocenters. The van der Waals surface area contributed by atoms with E-state index >= 15 is 0 Å². The number of likely N-dealkylation sites (tertiary alicyclic amines) is 1. The highest BCUT2D eigenvalue weighted by Gasteiger charge is 2.28. The molecule has 0 aliphatic carbocycles. The summed E-state index contributed by atoms with van der Waals surface area (Å²) in [6.07, 6.45) is 4.59. The summed E-state index contributed by atoms with van der Waals surface area (Å²) >= 11 is 0. The van der Waals surface area contributed by atoms with Crippen molar-refractivity contribution in [2.45, 2.75) is 59.7 Å². The molecule has 4 heterocycles. The molecule has 1 saturated heterocycles. The van der Waals surface area contributed by atoms with E-state index in [0.29, 0.717) is 24.4 Å². The molecule has 154 valence electrons. The lowest BCUT2D eigenvalue weighted by molar-refractivity contribution is -0.130. The smallest absolute Gasteiger partial charge is 0.245 e. The van der Waals surface area contributed by atoms with E-state index in [1.807, 2.05) is 29.6 Å². The quantitative estimate of drug-likeness (QED) is 0.634. The first-order valence-electron chi connectivity index (χ1n) is 10.3. The maximum Gasteiger partial charge on any atom is 0.245 e. The van der Waals surface area contributed by atoms with Crippen LogP contribution in [0.25, 0.3) is 22.6 Å². The van der Waals surface area contributed by atoms with E-state index in [1.165, 1.54) is 6.33 Å².